The van der Waals surface area contributed by atoms with Crippen molar-refractivity contribution in [3.05, 3.63) is 28.8 Å². The molecule has 0 unspecified atom stereocenters. The number of aryl methyl sites for hydroxylation is 2. The Kier molecular flexibility index (Phi) is 10.4. The highest BCUT2D eigenvalue weighted by Crippen LogP contribution is 2.43. The molecule has 1 saturated carbocycles. The summed E-state index contributed by atoms with van der Waals surface area (Å²) in [5.41, 5.74) is 2.12. The number of rotatable bonds is 12. The number of ether oxygens (including phenoxy) is 2. The van der Waals surface area contributed by atoms with Crippen LogP contribution in [0.3, 0.4) is 0 Å². The van der Waals surface area contributed by atoms with Crippen molar-refractivity contribution in [1.29, 1.82) is 0 Å². The van der Waals surface area contributed by atoms with Crippen LogP contribution in [0.1, 0.15) is 94.9 Å². The lowest BCUT2D eigenvalue weighted by Crippen LogP contribution is -2.31. The van der Waals surface area contributed by atoms with E-state index in [1.165, 1.54) is 6.42 Å². The van der Waals surface area contributed by atoms with Gasteiger partial charge in [-0.3, -0.25) is 9.59 Å². The Labute approximate surface area is 203 Å². The number of carbonyl (C=O) groups is 2. The van der Waals surface area contributed by atoms with Crippen LogP contribution in [0.4, 0.5) is 0 Å². The van der Waals surface area contributed by atoms with Crippen LogP contribution in [0.2, 0.25) is 0 Å². The summed E-state index contributed by atoms with van der Waals surface area (Å²) in [6.45, 7) is 9.58. The molecule has 0 radical (unpaired) electrons. The first-order valence-electron chi connectivity index (χ1n) is 12.5. The maximum absolute atomic E-state index is 13.1. The van der Waals surface area contributed by atoms with E-state index in [9.17, 15) is 19.8 Å². The minimum absolute atomic E-state index is 0.0979. The normalized spacial score (nSPS) is 17.6. The third-order valence-electron chi connectivity index (χ3n) is 6.88. The molecule has 0 spiro atoms. The van der Waals surface area contributed by atoms with Gasteiger partial charge in [-0.15, -0.1) is 0 Å². The number of aliphatic hydroxyl groups is 2. The molecule has 1 fully saturated rings. The van der Waals surface area contributed by atoms with Crippen LogP contribution < -0.4 is 4.74 Å². The van der Waals surface area contributed by atoms with Gasteiger partial charge < -0.3 is 24.8 Å². The molecule has 1 aromatic rings. The molecular weight excluding hydrogens is 436 g/mol. The van der Waals surface area contributed by atoms with Crippen LogP contribution in [-0.2, 0) is 14.3 Å². The fourth-order valence-corrected chi connectivity index (χ4v) is 4.51. The van der Waals surface area contributed by atoms with E-state index in [0.29, 0.717) is 12.2 Å². The zero-order valence-corrected chi connectivity index (χ0v) is 21.3. The SMILES string of the molecule is CCC(C)(C)C(=O)O[C@H](c1cc(C)cc(C)c1OC[C@@H](O)C[C@@H](O)CC(=O)O)C1CCCCC1. The van der Waals surface area contributed by atoms with Crippen molar-refractivity contribution >= 4 is 11.9 Å². The molecule has 7 heteroatoms. The minimum Gasteiger partial charge on any atom is -0.490 e. The number of carboxylic acid groups (broad SMARTS) is 1. The van der Waals surface area contributed by atoms with Gasteiger partial charge in [-0.2, -0.15) is 0 Å². The van der Waals surface area contributed by atoms with Crippen molar-refractivity contribution in [3.8, 4) is 5.75 Å². The topological polar surface area (TPSA) is 113 Å². The fraction of sp³-hybridized carbons (Fsp3) is 0.704. The number of carbonyl (C=O) groups excluding carboxylic acids is 1. The second-order valence-electron chi connectivity index (χ2n) is 10.4. The van der Waals surface area contributed by atoms with Crippen LogP contribution >= 0.6 is 0 Å². The Bertz CT molecular complexity index is 827. The Hall–Kier alpha value is -2.12. The lowest BCUT2D eigenvalue weighted by molar-refractivity contribution is -0.164. The van der Waals surface area contributed by atoms with Crippen molar-refractivity contribution in [2.24, 2.45) is 11.3 Å². The van der Waals surface area contributed by atoms with Gasteiger partial charge in [0.15, 0.2) is 0 Å². The summed E-state index contributed by atoms with van der Waals surface area (Å²) < 4.78 is 12.3. The van der Waals surface area contributed by atoms with Gasteiger partial charge >= 0.3 is 11.9 Å². The monoisotopic (exact) mass is 478 g/mol. The Morgan fingerprint density at radius 2 is 1.74 bits per heavy atom. The Balaban J connectivity index is 2.32. The van der Waals surface area contributed by atoms with E-state index in [2.05, 4.69) is 0 Å². The summed E-state index contributed by atoms with van der Waals surface area (Å²) in [6, 6.07) is 3.99. The summed E-state index contributed by atoms with van der Waals surface area (Å²) in [4.78, 5) is 23.9. The number of benzene rings is 1. The molecule has 192 valence electrons. The molecule has 0 aliphatic heterocycles. The molecular formula is C27H42O7. The molecule has 0 heterocycles. The predicted molar refractivity (Wildman–Crippen MR) is 130 cm³/mol. The summed E-state index contributed by atoms with van der Waals surface area (Å²) in [6.07, 6.45) is 2.83. The summed E-state index contributed by atoms with van der Waals surface area (Å²) in [5, 5.41) is 29.0. The smallest absolute Gasteiger partial charge is 0.312 e. The predicted octanol–water partition coefficient (Wildman–Crippen LogP) is 4.87. The number of aliphatic carboxylic acids is 1. The van der Waals surface area contributed by atoms with Crippen LogP contribution in [0.25, 0.3) is 0 Å². The molecule has 34 heavy (non-hydrogen) atoms. The van der Waals surface area contributed by atoms with Gasteiger partial charge in [0, 0.05) is 17.9 Å². The molecule has 1 aliphatic carbocycles. The van der Waals surface area contributed by atoms with Gasteiger partial charge in [-0.1, -0.05) is 37.8 Å². The van der Waals surface area contributed by atoms with E-state index in [1.807, 2.05) is 46.8 Å². The molecule has 0 bridgehead atoms. The zero-order chi connectivity index (χ0) is 25.5. The average molecular weight is 479 g/mol. The fourth-order valence-electron chi connectivity index (χ4n) is 4.51. The third kappa shape index (κ3) is 7.98. The van der Waals surface area contributed by atoms with E-state index >= 15 is 0 Å². The van der Waals surface area contributed by atoms with E-state index in [-0.39, 0.29) is 24.9 Å². The molecule has 7 nitrogen and oxygen atoms in total. The van der Waals surface area contributed by atoms with Gasteiger partial charge in [-0.05, 0) is 58.6 Å². The first kappa shape index (κ1) is 28.1. The van der Waals surface area contributed by atoms with E-state index in [1.54, 1.807) is 0 Å². The highest BCUT2D eigenvalue weighted by molar-refractivity contribution is 5.76. The van der Waals surface area contributed by atoms with E-state index in [4.69, 9.17) is 14.6 Å². The maximum Gasteiger partial charge on any atom is 0.312 e. The first-order valence-corrected chi connectivity index (χ1v) is 12.5. The number of hydrogen-bond donors (Lipinski definition) is 3. The first-order chi connectivity index (χ1) is 15.9. The Morgan fingerprint density at radius 3 is 2.32 bits per heavy atom. The molecule has 2 rings (SSSR count). The molecule has 1 aromatic carbocycles. The van der Waals surface area contributed by atoms with Crippen LogP contribution in [0.5, 0.6) is 5.75 Å². The number of esters is 1. The summed E-state index contributed by atoms with van der Waals surface area (Å²) in [5.74, 6) is -0.580. The number of aliphatic hydroxyl groups excluding tert-OH is 2. The highest BCUT2D eigenvalue weighted by atomic mass is 16.5. The van der Waals surface area contributed by atoms with Crippen molar-refractivity contribution in [3.63, 3.8) is 0 Å². The average Bonchev–Trinajstić information content (AvgIpc) is 2.76. The minimum atomic E-state index is -1.15. The standard InChI is InChI=1S/C27H42O7/c1-6-27(4,5)26(32)34-25(19-10-8-7-9-11-19)22-13-17(2)12-18(3)24(22)33-16-21(29)14-20(28)15-23(30)31/h12-13,19-21,25,28-29H,6-11,14-16H2,1-5H3,(H,30,31)/t20-,21+,25+/m1/s1. The summed E-state index contributed by atoms with van der Waals surface area (Å²) >= 11 is 0. The number of hydrogen-bond acceptors (Lipinski definition) is 6. The van der Waals surface area contributed by atoms with Crippen LogP contribution in [0, 0.1) is 25.2 Å². The largest absolute Gasteiger partial charge is 0.490 e. The van der Waals surface area contributed by atoms with Crippen molar-refractivity contribution in [2.75, 3.05) is 6.61 Å². The van der Waals surface area contributed by atoms with Crippen molar-refractivity contribution in [2.45, 2.75) is 104 Å². The van der Waals surface area contributed by atoms with Gasteiger partial charge in [0.25, 0.3) is 0 Å². The molecule has 0 saturated heterocycles. The second-order valence-corrected chi connectivity index (χ2v) is 10.4. The van der Waals surface area contributed by atoms with Gasteiger partial charge in [0.05, 0.1) is 24.0 Å². The molecule has 1 aliphatic rings. The van der Waals surface area contributed by atoms with E-state index < -0.39 is 36.1 Å². The zero-order valence-electron chi connectivity index (χ0n) is 21.3. The van der Waals surface area contributed by atoms with Crippen molar-refractivity contribution in [1.82, 2.24) is 0 Å². The number of carboxylic acids is 1. The Morgan fingerprint density at radius 1 is 1.09 bits per heavy atom. The van der Waals surface area contributed by atoms with Gasteiger partial charge in [0.1, 0.15) is 18.5 Å². The molecule has 3 atom stereocenters. The van der Waals surface area contributed by atoms with Crippen LogP contribution in [-0.4, -0.2) is 46.1 Å². The lowest BCUT2D eigenvalue weighted by Gasteiger charge is -2.34. The lowest BCUT2D eigenvalue weighted by atomic mass is 9.81. The quantitative estimate of drug-likeness (QED) is 0.367. The van der Waals surface area contributed by atoms with Gasteiger partial charge in [-0.25, -0.2) is 0 Å². The maximum atomic E-state index is 13.1. The molecule has 3 N–H and O–H groups in total. The van der Waals surface area contributed by atoms with E-state index in [0.717, 1.165) is 42.4 Å². The van der Waals surface area contributed by atoms with Crippen LogP contribution in [0.15, 0.2) is 12.1 Å². The highest BCUT2D eigenvalue weighted by Gasteiger charge is 2.36. The van der Waals surface area contributed by atoms with Crippen molar-refractivity contribution < 1.29 is 34.4 Å². The molecule has 0 amide bonds. The second kappa shape index (κ2) is 12.5. The summed E-state index contributed by atoms with van der Waals surface area (Å²) in [7, 11) is 0. The third-order valence-corrected chi connectivity index (χ3v) is 6.88. The molecule has 0 aromatic heterocycles. The van der Waals surface area contributed by atoms with Gasteiger partial charge in [0.2, 0.25) is 0 Å².